The molecule has 1 unspecified atom stereocenters. The van der Waals surface area contributed by atoms with Crippen LogP contribution in [-0.4, -0.2) is 29.8 Å². The highest BCUT2D eigenvalue weighted by molar-refractivity contribution is 6.62. The monoisotopic (exact) mass is 274 g/mol. The summed E-state index contributed by atoms with van der Waals surface area (Å²) in [4.78, 5) is 4.37. The zero-order valence-electron chi connectivity index (χ0n) is 12.8. The lowest BCUT2D eigenvalue weighted by Crippen LogP contribution is -2.41. The summed E-state index contributed by atoms with van der Waals surface area (Å²) in [5, 5.41) is 3.50. The first-order chi connectivity index (χ1) is 9.39. The molecule has 0 radical (unpaired) electrons. The van der Waals surface area contributed by atoms with Crippen LogP contribution in [0.25, 0.3) is 0 Å². The molecule has 0 aromatic carbocycles. The Balaban J connectivity index is 1.83. The van der Waals surface area contributed by atoms with Gasteiger partial charge in [0.25, 0.3) is 0 Å². The van der Waals surface area contributed by atoms with Crippen molar-refractivity contribution in [1.82, 2.24) is 10.3 Å². The molecule has 108 valence electrons. The van der Waals surface area contributed by atoms with E-state index >= 15 is 0 Å². The fourth-order valence-electron chi connectivity index (χ4n) is 2.74. The maximum absolute atomic E-state index is 6.09. The molecule has 2 aliphatic heterocycles. The van der Waals surface area contributed by atoms with Gasteiger partial charge in [-0.15, -0.1) is 0 Å². The van der Waals surface area contributed by atoms with E-state index in [1.807, 2.05) is 12.4 Å². The topological polar surface area (TPSA) is 43.4 Å². The van der Waals surface area contributed by atoms with Gasteiger partial charge in [-0.25, -0.2) is 0 Å². The van der Waals surface area contributed by atoms with E-state index < -0.39 is 0 Å². The summed E-state index contributed by atoms with van der Waals surface area (Å²) in [5.41, 5.74) is 1.63. The van der Waals surface area contributed by atoms with Gasteiger partial charge in [0.05, 0.1) is 11.2 Å². The van der Waals surface area contributed by atoms with Gasteiger partial charge in [-0.1, -0.05) is 6.07 Å². The molecule has 1 aromatic rings. The minimum Gasteiger partial charge on any atom is -0.399 e. The molecule has 0 aliphatic carbocycles. The molecule has 4 nitrogen and oxygen atoms in total. The molecule has 2 saturated heterocycles. The van der Waals surface area contributed by atoms with Gasteiger partial charge in [-0.05, 0) is 52.6 Å². The highest BCUT2D eigenvalue weighted by Crippen LogP contribution is 2.36. The van der Waals surface area contributed by atoms with Crippen LogP contribution in [-0.2, 0) is 9.31 Å². The number of hydrogen-bond donors (Lipinski definition) is 1. The predicted molar refractivity (Wildman–Crippen MR) is 79.9 cm³/mol. The number of nitrogens with one attached hydrogen (secondary N) is 1. The summed E-state index contributed by atoms with van der Waals surface area (Å²) in [6.45, 7) is 9.38. The number of nitrogens with zero attached hydrogens (tertiary/aromatic N) is 1. The van der Waals surface area contributed by atoms with Crippen LogP contribution in [0, 0.1) is 0 Å². The lowest BCUT2D eigenvalue weighted by Gasteiger charge is -2.32. The average molecular weight is 274 g/mol. The van der Waals surface area contributed by atoms with Gasteiger partial charge in [-0.2, -0.15) is 0 Å². The van der Waals surface area contributed by atoms with Gasteiger partial charge in [-0.3, -0.25) is 4.98 Å². The third-order valence-corrected chi connectivity index (χ3v) is 4.77. The predicted octanol–water partition coefficient (Wildman–Crippen LogP) is 1.81. The molecule has 1 aromatic heterocycles. The Labute approximate surface area is 121 Å². The summed E-state index contributed by atoms with van der Waals surface area (Å²) >= 11 is 0. The summed E-state index contributed by atoms with van der Waals surface area (Å²) in [7, 11) is -0.325. The molecule has 1 atom stereocenters. The molecule has 0 bridgehead atoms. The van der Waals surface area contributed by atoms with Gasteiger partial charge in [0.2, 0.25) is 0 Å². The summed E-state index contributed by atoms with van der Waals surface area (Å²) in [6.07, 6.45) is 6.19. The summed E-state index contributed by atoms with van der Waals surface area (Å²) < 4.78 is 12.2. The van der Waals surface area contributed by atoms with Crippen LogP contribution < -0.4 is 10.8 Å². The van der Waals surface area contributed by atoms with Crippen molar-refractivity contribution in [3.05, 3.63) is 24.0 Å². The van der Waals surface area contributed by atoms with Crippen molar-refractivity contribution >= 4 is 12.6 Å². The van der Waals surface area contributed by atoms with Crippen LogP contribution in [0.2, 0.25) is 0 Å². The van der Waals surface area contributed by atoms with Gasteiger partial charge in [0, 0.05) is 23.9 Å². The molecule has 0 amide bonds. The van der Waals surface area contributed by atoms with E-state index in [2.05, 4.69) is 44.1 Å². The fraction of sp³-hybridized carbons (Fsp3) is 0.667. The van der Waals surface area contributed by atoms with Crippen molar-refractivity contribution in [3.63, 3.8) is 0 Å². The lowest BCUT2D eigenvalue weighted by atomic mass is 9.79. The molecule has 2 aliphatic rings. The molecule has 20 heavy (non-hydrogen) atoms. The molecule has 0 saturated carbocycles. The molecule has 3 heterocycles. The largest absolute Gasteiger partial charge is 0.496 e. The van der Waals surface area contributed by atoms with E-state index in [0.29, 0.717) is 6.04 Å². The maximum atomic E-state index is 6.09. The first kappa shape index (κ1) is 14.0. The second kappa shape index (κ2) is 4.83. The Morgan fingerprint density at radius 3 is 2.50 bits per heavy atom. The highest BCUT2D eigenvalue weighted by atomic mass is 16.7. The minimum atomic E-state index is -0.325. The van der Waals surface area contributed by atoms with E-state index in [0.717, 1.165) is 12.0 Å². The zero-order valence-corrected chi connectivity index (χ0v) is 12.8. The number of pyridine rings is 1. The van der Waals surface area contributed by atoms with Crippen LogP contribution in [0.4, 0.5) is 0 Å². The van der Waals surface area contributed by atoms with Gasteiger partial charge >= 0.3 is 7.12 Å². The Bertz CT molecular complexity index is 482. The smallest absolute Gasteiger partial charge is 0.399 e. The lowest BCUT2D eigenvalue weighted by molar-refractivity contribution is 0.00578. The molecule has 5 heteroatoms. The van der Waals surface area contributed by atoms with Gasteiger partial charge in [0.15, 0.2) is 0 Å². The van der Waals surface area contributed by atoms with Crippen LogP contribution in [0.1, 0.15) is 52.1 Å². The molecule has 0 spiro atoms. The van der Waals surface area contributed by atoms with Crippen molar-refractivity contribution in [1.29, 1.82) is 0 Å². The van der Waals surface area contributed by atoms with Crippen molar-refractivity contribution < 1.29 is 9.31 Å². The third kappa shape index (κ3) is 2.38. The van der Waals surface area contributed by atoms with Crippen LogP contribution in [0.15, 0.2) is 18.5 Å². The van der Waals surface area contributed by atoms with Crippen molar-refractivity contribution in [2.45, 2.75) is 57.8 Å². The van der Waals surface area contributed by atoms with E-state index in [-0.39, 0.29) is 18.3 Å². The average Bonchev–Trinajstić information content (AvgIpc) is 2.97. The van der Waals surface area contributed by atoms with Crippen LogP contribution in [0.5, 0.6) is 0 Å². The number of aromatic nitrogens is 1. The number of rotatable bonds is 2. The van der Waals surface area contributed by atoms with Gasteiger partial charge < -0.3 is 14.6 Å². The SMILES string of the molecule is CC1(C)OB(c2cncc(C3CCCN3)c2)OC1(C)C. The Kier molecular flexibility index (Phi) is 3.39. The molecule has 3 rings (SSSR count). The molecular weight excluding hydrogens is 251 g/mol. The van der Waals surface area contributed by atoms with Crippen molar-refractivity contribution in [2.75, 3.05) is 6.54 Å². The maximum Gasteiger partial charge on any atom is 0.496 e. The Morgan fingerprint density at radius 1 is 1.20 bits per heavy atom. The second-order valence-corrected chi connectivity index (χ2v) is 6.79. The van der Waals surface area contributed by atoms with Crippen molar-refractivity contribution in [3.8, 4) is 0 Å². The minimum absolute atomic E-state index is 0.306. The zero-order chi connectivity index (χ0) is 14.4. The first-order valence-corrected chi connectivity index (χ1v) is 7.43. The number of hydrogen-bond acceptors (Lipinski definition) is 4. The van der Waals surface area contributed by atoms with Crippen molar-refractivity contribution in [2.24, 2.45) is 0 Å². The third-order valence-electron chi connectivity index (χ3n) is 4.77. The van der Waals surface area contributed by atoms with E-state index in [1.165, 1.54) is 18.4 Å². The Hall–Kier alpha value is -0.905. The van der Waals surface area contributed by atoms with Gasteiger partial charge in [0.1, 0.15) is 0 Å². The fourth-order valence-corrected chi connectivity index (χ4v) is 2.74. The first-order valence-electron chi connectivity index (χ1n) is 7.43. The highest BCUT2D eigenvalue weighted by Gasteiger charge is 2.51. The van der Waals surface area contributed by atoms with E-state index in [4.69, 9.17) is 9.31 Å². The molecular formula is C15H23BN2O2. The molecule has 2 fully saturated rings. The van der Waals surface area contributed by atoms with Crippen LogP contribution in [0.3, 0.4) is 0 Å². The molecule has 1 N–H and O–H groups in total. The van der Waals surface area contributed by atoms with E-state index in [1.54, 1.807) is 0 Å². The summed E-state index contributed by atoms with van der Waals surface area (Å²) in [5.74, 6) is 0. The summed E-state index contributed by atoms with van der Waals surface area (Å²) in [6, 6.07) is 2.59. The second-order valence-electron chi connectivity index (χ2n) is 6.79. The standard InChI is InChI=1S/C15H23BN2O2/c1-14(2)15(3,4)20-16(19-14)12-8-11(9-17-10-12)13-6-5-7-18-13/h8-10,13,18H,5-7H2,1-4H3. The normalized spacial score (nSPS) is 28.0. The quantitative estimate of drug-likeness (QED) is 0.835. The Morgan fingerprint density at radius 2 is 1.90 bits per heavy atom. The van der Waals surface area contributed by atoms with E-state index in [9.17, 15) is 0 Å². The van der Waals surface area contributed by atoms with Crippen LogP contribution >= 0.6 is 0 Å².